The summed E-state index contributed by atoms with van der Waals surface area (Å²) in [7, 11) is 0. The molecule has 18 heavy (non-hydrogen) atoms. The van der Waals surface area contributed by atoms with Gasteiger partial charge in [0, 0.05) is 11.9 Å². The van der Waals surface area contributed by atoms with Crippen LogP contribution in [-0.2, 0) is 6.54 Å². The second-order valence-corrected chi connectivity index (χ2v) is 5.03. The number of anilines is 1. The molecule has 1 aromatic carbocycles. The van der Waals surface area contributed by atoms with Crippen LogP contribution in [-0.4, -0.2) is 25.5 Å². The molecule has 0 unspecified atom stereocenters. The Morgan fingerprint density at radius 2 is 2.22 bits per heavy atom. The van der Waals surface area contributed by atoms with Crippen molar-refractivity contribution in [2.24, 2.45) is 0 Å². The van der Waals surface area contributed by atoms with Gasteiger partial charge in [-0.25, -0.2) is 4.98 Å². The van der Waals surface area contributed by atoms with Crippen LogP contribution in [0.3, 0.4) is 0 Å². The number of H-pyrrole nitrogens is 1. The van der Waals surface area contributed by atoms with E-state index in [2.05, 4.69) is 15.1 Å². The number of nitrogens with two attached hydrogens (primary N) is 1. The molecular weight excluding hydrogens is 246 g/mol. The number of aromatic nitrogens is 4. The minimum atomic E-state index is 0.698. The van der Waals surface area contributed by atoms with E-state index >= 15 is 0 Å². The highest BCUT2D eigenvalue weighted by Gasteiger charge is 2.02. The van der Waals surface area contributed by atoms with Crippen molar-refractivity contribution in [1.82, 2.24) is 19.7 Å². The molecule has 5 nitrogen and oxygen atoms in total. The van der Waals surface area contributed by atoms with Crippen molar-refractivity contribution in [3.05, 3.63) is 36.7 Å². The number of rotatable bonds is 4. The lowest BCUT2D eigenvalue weighted by atomic mass is 10.3. The number of hydrogen-bond acceptors (Lipinski definition) is 4. The summed E-state index contributed by atoms with van der Waals surface area (Å²) in [5, 5.41) is 5.08. The van der Waals surface area contributed by atoms with Crippen LogP contribution in [0.15, 0.2) is 41.8 Å². The Bertz CT molecular complexity index is 624. The number of para-hydroxylation sites is 2. The van der Waals surface area contributed by atoms with E-state index in [1.54, 1.807) is 18.0 Å². The Morgan fingerprint density at radius 3 is 3.00 bits per heavy atom. The van der Waals surface area contributed by atoms with E-state index in [1.165, 1.54) is 0 Å². The van der Waals surface area contributed by atoms with E-state index in [0.717, 1.165) is 28.5 Å². The predicted molar refractivity (Wildman–Crippen MR) is 73.5 cm³/mol. The van der Waals surface area contributed by atoms with Gasteiger partial charge in [0.25, 0.3) is 0 Å². The summed E-state index contributed by atoms with van der Waals surface area (Å²) in [4.78, 5) is 7.79. The van der Waals surface area contributed by atoms with E-state index in [1.807, 2.05) is 35.1 Å². The van der Waals surface area contributed by atoms with Gasteiger partial charge in [0.1, 0.15) is 0 Å². The molecule has 92 valence electrons. The smallest absolute Gasteiger partial charge is 0.166 e. The summed E-state index contributed by atoms with van der Waals surface area (Å²) >= 11 is 1.68. The lowest BCUT2D eigenvalue weighted by Gasteiger charge is -1.98. The number of aryl methyl sites for hydroxylation is 1. The number of aromatic amines is 1. The highest BCUT2D eigenvalue weighted by Crippen LogP contribution is 2.19. The molecular formula is C12H13N5S. The normalized spacial score (nSPS) is 11.1. The van der Waals surface area contributed by atoms with Gasteiger partial charge in [0.15, 0.2) is 5.16 Å². The molecule has 0 saturated carbocycles. The number of benzene rings is 1. The number of imidazole rings is 1. The molecule has 0 amide bonds. The highest BCUT2D eigenvalue weighted by molar-refractivity contribution is 7.99. The van der Waals surface area contributed by atoms with Crippen LogP contribution in [0.25, 0.3) is 11.0 Å². The maximum absolute atomic E-state index is 5.60. The van der Waals surface area contributed by atoms with Crippen molar-refractivity contribution in [2.45, 2.75) is 11.7 Å². The first-order chi connectivity index (χ1) is 8.81. The van der Waals surface area contributed by atoms with Crippen LogP contribution in [0.5, 0.6) is 0 Å². The van der Waals surface area contributed by atoms with E-state index in [9.17, 15) is 0 Å². The number of fused-ring (bicyclic) bond motifs is 1. The fourth-order valence-electron chi connectivity index (χ4n) is 1.74. The highest BCUT2D eigenvalue weighted by atomic mass is 32.2. The molecule has 2 aromatic heterocycles. The van der Waals surface area contributed by atoms with Gasteiger partial charge in [-0.2, -0.15) is 5.10 Å². The molecule has 0 atom stereocenters. The quantitative estimate of drug-likeness (QED) is 0.704. The molecule has 2 heterocycles. The number of nitrogens with one attached hydrogen (secondary N) is 1. The van der Waals surface area contributed by atoms with E-state index in [0.29, 0.717) is 5.69 Å². The first-order valence-corrected chi connectivity index (χ1v) is 6.65. The van der Waals surface area contributed by atoms with E-state index < -0.39 is 0 Å². The molecule has 0 aliphatic carbocycles. The second-order valence-electron chi connectivity index (χ2n) is 3.94. The molecule has 0 bridgehead atoms. The molecule has 6 heteroatoms. The van der Waals surface area contributed by atoms with Crippen LogP contribution >= 0.6 is 11.8 Å². The maximum atomic E-state index is 5.60. The summed E-state index contributed by atoms with van der Waals surface area (Å²) < 4.78 is 1.84. The number of nitrogens with zero attached hydrogens (tertiary/aromatic N) is 3. The topological polar surface area (TPSA) is 72.5 Å². The van der Waals surface area contributed by atoms with E-state index in [4.69, 9.17) is 5.73 Å². The average Bonchev–Trinajstić information content (AvgIpc) is 2.95. The summed E-state index contributed by atoms with van der Waals surface area (Å²) in [5.41, 5.74) is 8.38. The van der Waals surface area contributed by atoms with Crippen LogP contribution in [0.4, 0.5) is 5.69 Å². The van der Waals surface area contributed by atoms with Crippen LogP contribution in [0.2, 0.25) is 0 Å². The van der Waals surface area contributed by atoms with Crippen molar-refractivity contribution in [1.29, 1.82) is 0 Å². The molecule has 0 fully saturated rings. The van der Waals surface area contributed by atoms with Gasteiger partial charge >= 0.3 is 0 Å². The summed E-state index contributed by atoms with van der Waals surface area (Å²) in [6.07, 6.45) is 3.49. The molecule has 3 N–H and O–H groups in total. The Hall–Kier alpha value is -1.95. The third-order valence-corrected chi connectivity index (χ3v) is 3.43. The zero-order valence-electron chi connectivity index (χ0n) is 9.71. The molecule has 0 radical (unpaired) electrons. The molecule has 3 aromatic rings. The first-order valence-electron chi connectivity index (χ1n) is 5.67. The van der Waals surface area contributed by atoms with E-state index in [-0.39, 0.29) is 0 Å². The van der Waals surface area contributed by atoms with Crippen LogP contribution in [0.1, 0.15) is 0 Å². The summed E-state index contributed by atoms with van der Waals surface area (Å²) in [6.45, 7) is 0.818. The molecule has 0 saturated heterocycles. The summed E-state index contributed by atoms with van der Waals surface area (Å²) in [5.74, 6) is 0.904. The number of hydrogen-bond donors (Lipinski definition) is 2. The lowest BCUT2D eigenvalue weighted by molar-refractivity contribution is 0.666. The van der Waals surface area contributed by atoms with Gasteiger partial charge in [-0.15, -0.1) is 0 Å². The van der Waals surface area contributed by atoms with Gasteiger partial charge in [-0.05, 0) is 12.1 Å². The van der Waals surface area contributed by atoms with Gasteiger partial charge in [0.2, 0.25) is 0 Å². The van der Waals surface area contributed by atoms with Crippen LogP contribution in [0, 0.1) is 0 Å². The minimum Gasteiger partial charge on any atom is -0.396 e. The van der Waals surface area contributed by atoms with Gasteiger partial charge in [-0.3, -0.25) is 4.68 Å². The average molecular weight is 259 g/mol. The predicted octanol–water partition coefficient (Wildman–Crippen LogP) is 2.13. The third kappa shape index (κ3) is 2.33. The Kier molecular flexibility index (Phi) is 2.93. The Morgan fingerprint density at radius 1 is 1.33 bits per heavy atom. The van der Waals surface area contributed by atoms with Crippen molar-refractivity contribution < 1.29 is 0 Å². The Balaban J connectivity index is 1.62. The van der Waals surface area contributed by atoms with Gasteiger partial charge in [0.05, 0.1) is 29.5 Å². The molecule has 0 aliphatic heterocycles. The molecule has 3 rings (SSSR count). The fourth-order valence-corrected chi connectivity index (χ4v) is 2.55. The van der Waals surface area contributed by atoms with Crippen molar-refractivity contribution in [3.8, 4) is 0 Å². The Labute approximate surface area is 108 Å². The standard InChI is InChI=1S/C12H13N5S/c13-9-7-14-17(8-9)5-6-18-12-15-10-3-1-2-4-11(10)16-12/h1-4,7-8H,5-6,13H2,(H,15,16). The SMILES string of the molecule is Nc1cnn(CCSc2nc3ccccc3[nH]2)c1. The lowest BCUT2D eigenvalue weighted by Crippen LogP contribution is -2.00. The maximum Gasteiger partial charge on any atom is 0.166 e. The fraction of sp³-hybridized carbons (Fsp3) is 0.167. The van der Waals surface area contributed by atoms with Gasteiger partial charge in [-0.1, -0.05) is 23.9 Å². The van der Waals surface area contributed by atoms with Crippen molar-refractivity contribution >= 4 is 28.5 Å². The number of nitrogen functional groups attached to an aromatic ring is 1. The largest absolute Gasteiger partial charge is 0.396 e. The van der Waals surface area contributed by atoms with Crippen molar-refractivity contribution in [3.63, 3.8) is 0 Å². The molecule has 0 spiro atoms. The monoisotopic (exact) mass is 259 g/mol. The molecule has 0 aliphatic rings. The zero-order valence-corrected chi connectivity index (χ0v) is 10.5. The third-order valence-electron chi connectivity index (χ3n) is 2.58. The van der Waals surface area contributed by atoms with Crippen LogP contribution < -0.4 is 5.73 Å². The van der Waals surface area contributed by atoms with Crippen molar-refractivity contribution in [2.75, 3.05) is 11.5 Å². The number of thioether (sulfide) groups is 1. The first kappa shape index (κ1) is 11.2. The minimum absolute atomic E-state index is 0.698. The zero-order chi connectivity index (χ0) is 12.4. The summed E-state index contributed by atoms with van der Waals surface area (Å²) in [6, 6.07) is 8.02. The second kappa shape index (κ2) is 4.73. The van der Waals surface area contributed by atoms with Gasteiger partial charge < -0.3 is 10.7 Å².